The van der Waals surface area contributed by atoms with Gasteiger partial charge in [-0.1, -0.05) is 0 Å². The van der Waals surface area contributed by atoms with Crippen LogP contribution in [0.2, 0.25) is 0 Å². The molecule has 1 N–H and O–H groups in total. The minimum Gasteiger partial charge on any atom is -0.381 e. The topological polar surface area (TPSA) is 61.2 Å². The first kappa shape index (κ1) is 13.7. The maximum Gasteiger partial charge on any atom is 0.164 e. The van der Waals surface area contributed by atoms with E-state index in [1.807, 2.05) is 6.33 Å². The van der Waals surface area contributed by atoms with Gasteiger partial charge in [-0.2, -0.15) is 5.10 Å². The molecule has 3 aliphatic rings. The van der Waals surface area contributed by atoms with Crippen LogP contribution >= 0.6 is 0 Å². The lowest BCUT2D eigenvalue weighted by atomic mass is 9.84. The summed E-state index contributed by atoms with van der Waals surface area (Å²) >= 11 is 0. The smallest absolute Gasteiger partial charge is 0.164 e. The predicted molar refractivity (Wildman–Crippen MR) is 76.9 cm³/mol. The molecule has 1 aromatic rings. The van der Waals surface area contributed by atoms with Gasteiger partial charge in [0.15, 0.2) is 5.82 Å². The van der Waals surface area contributed by atoms with E-state index >= 15 is 0 Å². The van der Waals surface area contributed by atoms with Crippen LogP contribution in [0, 0.1) is 0 Å². The van der Waals surface area contributed by atoms with E-state index in [9.17, 15) is 0 Å². The van der Waals surface area contributed by atoms with E-state index in [0.717, 1.165) is 57.9 Å². The van der Waals surface area contributed by atoms with Crippen LogP contribution < -0.4 is 5.32 Å². The van der Waals surface area contributed by atoms with Gasteiger partial charge in [0.2, 0.25) is 0 Å². The van der Waals surface area contributed by atoms with E-state index < -0.39 is 0 Å². The first-order valence-corrected chi connectivity index (χ1v) is 8.18. The fourth-order valence-electron chi connectivity index (χ4n) is 3.41. The molecule has 21 heavy (non-hydrogen) atoms. The predicted octanol–water partition coefficient (Wildman–Crippen LogP) is 1.43. The van der Waals surface area contributed by atoms with Crippen LogP contribution in [0.1, 0.15) is 50.4 Å². The van der Waals surface area contributed by atoms with Crippen molar-refractivity contribution in [1.29, 1.82) is 0 Å². The highest BCUT2D eigenvalue weighted by Gasteiger charge is 2.39. The van der Waals surface area contributed by atoms with Crippen LogP contribution in [-0.4, -0.2) is 46.2 Å². The Morgan fingerprint density at radius 1 is 1.24 bits per heavy atom. The number of nitrogens with one attached hydrogen (secondary N) is 1. The SMILES string of the molecule is c1nc(CNC2CC2)nn1C1CCOC2(CCOCC2)C1. The van der Waals surface area contributed by atoms with Crippen molar-refractivity contribution in [3.63, 3.8) is 0 Å². The van der Waals surface area contributed by atoms with E-state index in [4.69, 9.17) is 9.47 Å². The van der Waals surface area contributed by atoms with Gasteiger partial charge in [0.25, 0.3) is 0 Å². The zero-order valence-corrected chi connectivity index (χ0v) is 12.5. The molecule has 116 valence electrons. The van der Waals surface area contributed by atoms with Gasteiger partial charge in [-0.3, -0.25) is 0 Å². The van der Waals surface area contributed by atoms with Crippen molar-refractivity contribution >= 4 is 0 Å². The molecular weight excluding hydrogens is 268 g/mol. The van der Waals surface area contributed by atoms with Crippen LogP contribution in [0.5, 0.6) is 0 Å². The largest absolute Gasteiger partial charge is 0.381 e. The Morgan fingerprint density at radius 2 is 2.10 bits per heavy atom. The summed E-state index contributed by atoms with van der Waals surface area (Å²) < 4.78 is 13.6. The van der Waals surface area contributed by atoms with Gasteiger partial charge < -0.3 is 14.8 Å². The molecule has 1 atom stereocenters. The minimum atomic E-state index is 0.0134. The average molecular weight is 292 g/mol. The quantitative estimate of drug-likeness (QED) is 0.909. The molecular formula is C15H24N4O2. The molecule has 0 amide bonds. The van der Waals surface area contributed by atoms with Gasteiger partial charge in [0.1, 0.15) is 6.33 Å². The van der Waals surface area contributed by atoms with Crippen LogP contribution in [-0.2, 0) is 16.0 Å². The molecule has 1 spiro atoms. The van der Waals surface area contributed by atoms with Crippen LogP contribution in [0.3, 0.4) is 0 Å². The molecule has 0 bridgehead atoms. The minimum absolute atomic E-state index is 0.0134. The van der Waals surface area contributed by atoms with Crippen molar-refractivity contribution in [1.82, 2.24) is 20.1 Å². The van der Waals surface area contributed by atoms with Crippen LogP contribution in [0.4, 0.5) is 0 Å². The highest BCUT2D eigenvalue weighted by atomic mass is 16.5. The lowest BCUT2D eigenvalue weighted by molar-refractivity contribution is -0.145. The van der Waals surface area contributed by atoms with Gasteiger partial charge >= 0.3 is 0 Å². The second-order valence-corrected chi connectivity index (χ2v) is 6.59. The number of aromatic nitrogens is 3. The van der Waals surface area contributed by atoms with E-state index in [-0.39, 0.29) is 5.60 Å². The maximum absolute atomic E-state index is 6.10. The van der Waals surface area contributed by atoms with Gasteiger partial charge in [-0.15, -0.1) is 0 Å². The molecule has 4 rings (SSSR count). The first-order chi connectivity index (χ1) is 10.3. The molecule has 1 aliphatic carbocycles. The third-order valence-corrected chi connectivity index (χ3v) is 4.93. The van der Waals surface area contributed by atoms with Gasteiger partial charge in [-0.05, 0) is 38.5 Å². The van der Waals surface area contributed by atoms with Gasteiger partial charge in [-0.25, -0.2) is 9.67 Å². The monoisotopic (exact) mass is 292 g/mol. The van der Waals surface area contributed by atoms with Crippen molar-refractivity contribution in [2.24, 2.45) is 0 Å². The summed E-state index contributed by atoms with van der Waals surface area (Å²) in [5, 5.41) is 8.13. The summed E-state index contributed by atoms with van der Waals surface area (Å²) in [5.41, 5.74) is 0.0134. The number of hydrogen-bond acceptors (Lipinski definition) is 5. The molecule has 6 nitrogen and oxygen atoms in total. The summed E-state index contributed by atoms with van der Waals surface area (Å²) in [6, 6.07) is 1.12. The Labute approximate surface area is 125 Å². The van der Waals surface area contributed by atoms with E-state index in [1.165, 1.54) is 12.8 Å². The molecule has 1 saturated carbocycles. The standard InChI is InChI=1S/C15H24N4O2/c1-2-12(1)16-10-14-17-11-19(18-14)13-3-6-21-15(9-13)4-7-20-8-5-15/h11-13,16H,1-10H2. The highest BCUT2D eigenvalue weighted by Crippen LogP contribution is 2.38. The molecule has 1 aromatic heterocycles. The molecule has 2 saturated heterocycles. The van der Waals surface area contributed by atoms with Crippen molar-refractivity contribution in [2.75, 3.05) is 19.8 Å². The molecule has 6 heteroatoms. The van der Waals surface area contributed by atoms with Crippen molar-refractivity contribution in [2.45, 2.75) is 62.8 Å². The summed E-state index contributed by atoms with van der Waals surface area (Å²) in [6.07, 6.45) is 8.57. The second kappa shape index (κ2) is 5.66. The Kier molecular flexibility index (Phi) is 3.69. The summed E-state index contributed by atoms with van der Waals surface area (Å²) in [6.45, 7) is 3.25. The Hall–Kier alpha value is -0.980. The van der Waals surface area contributed by atoms with Crippen molar-refractivity contribution in [3.8, 4) is 0 Å². The lowest BCUT2D eigenvalue weighted by Gasteiger charge is -2.43. The Morgan fingerprint density at radius 3 is 2.90 bits per heavy atom. The Balaban J connectivity index is 1.40. The molecule has 0 aromatic carbocycles. The fraction of sp³-hybridized carbons (Fsp3) is 0.867. The van der Waals surface area contributed by atoms with Crippen molar-refractivity contribution in [3.05, 3.63) is 12.2 Å². The zero-order chi connectivity index (χ0) is 14.1. The number of nitrogens with zero attached hydrogens (tertiary/aromatic N) is 3. The molecule has 1 unspecified atom stereocenters. The van der Waals surface area contributed by atoms with Crippen LogP contribution in [0.15, 0.2) is 6.33 Å². The number of hydrogen-bond donors (Lipinski definition) is 1. The third kappa shape index (κ3) is 3.12. The average Bonchev–Trinajstić information content (AvgIpc) is 3.22. The first-order valence-electron chi connectivity index (χ1n) is 8.18. The molecule has 2 aliphatic heterocycles. The summed E-state index contributed by atoms with van der Waals surface area (Å²) in [4.78, 5) is 4.45. The van der Waals surface area contributed by atoms with E-state index in [1.54, 1.807) is 0 Å². The fourth-order valence-corrected chi connectivity index (χ4v) is 3.41. The Bertz CT molecular complexity index is 474. The second-order valence-electron chi connectivity index (χ2n) is 6.59. The normalized spacial score (nSPS) is 28.9. The molecule has 3 fully saturated rings. The maximum atomic E-state index is 6.10. The number of rotatable bonds is 4. The molecule has 0 radical (unpaired) electrons. The van der Waals surface area contributed by atoms with E-state index in [2.05, 4.69) is 20.1 Å². The summed E-state index contributed by atoms with van der Waals surface area (Å²) in [5.74, 6) is 0.911. The number of ether oxygens (including phenoxy) is 2. The van der Waals surface area contributed by atoms with Gasteiger partial charge in [0, 0.05) is 25.9 Å². The highest BCUT2D eigenvalue weighted by molar-refractivity contribution is 4.93. The third-order valence-electron chi connectivity index (χ3n) is 4.93. The zero-order valence-electron chi connectivity index (χ0n) is 12.5. The van der Waals surface area contributed by atoms with E-state index in [0.29, 0.717) is 12.1 Å². The van der Waals surface area contributed by atoms with Gasteiger partial charge in [0.05, 0.1) is 18.2 Å². The lowest BCUT2D eigenvalue weighted by Crippen LogP contribution is -2.44. The van der Waals surface area contributed by atoms with Crippen LogP contribution in [0.25, 0.3) is 0 Å². The summed E-state index contributed by atoms with van der Waals surface area (Å²) in [7, 11) is 0. The van der Waals surface area contributed by atoms with Crippen molar-refractivity contribution < 1.29 is 9.47 Å². The molecule has 3 heterocycles.